The lowest BCUT2D eigenvalue weighted by Crippen LogP contribution is -2.39. The molecule has 28 heavy (non-hydrogen) atoms. The van der Waals surface area contributed by atoms with E-state index in [0.29, 0.717) is 29.7 Å². The molecule has 2 aliphatic rings. The molecule has 0 spiro atoms. The maximum absolute atomic E-state index is 14.2. The molecule has 0 saturated carbocycles. The van der Waals surface area contributed by atoms with Crippen LogP contribution in [0.3, 0.4) is 0 Å². The van der Waals surface area contributed by atoms with Crippen molar-refractivity contribution in [2.75, 3.05) is 0 Å². The summed E-state index contributed by atoms with van der Waals surface area (Å²) in [6.45, 7) is 1.68. The Morgan fingerprint density at radius 2 is 2.18 bits per heavy atom. The van der Waals surface area contributed by atoms with Gasteiger partial charge in [0.05, 0.1) is 18.2 Å². The van der Waals surface area contributed by atoms with Gasteiger partial charge in [0.1, 0.15) is 17.8 Å². The first-order valence-corrected chi connectivity index (χ1v) is 8.96. The van der Waals surface area contributed by atoms with Gasteiger partial charge < -0.3 is 11.1 Å². The lowest BCUT2D eigenvalue weighted by atomic mass is 9.93. The van der Waals surface area contributed by atoms with Gasteiger partial charge in [-0.1, -0.05) is 6.08 Å². The van der Waals surface area contributed by atoms with Crippen LogP contribution in [0.2, 0.25) is 0 Å². The molecule has 0 aromatic heterocycles. The number of carbonyl (C=O) groups excluding carboxylic acids is 1. The second-order valence-corrected chi connectivity index (χ2v) is 6.80. The third kappa shape index (κ3) is 4.41. The highest BCUT2D eigenvalue weighted by Gasteiger charge is 2.24. The van der Waals surface area contributed by atoms with Gasteiger partial charge in [-0.2, -0.15) is 5.26 Å². The predicted molar refractivity (Wildman–Crippen MR) is 103 cm³/mol. The van der Waals surface area contributed by atoms with Gasteiger partial charge in [-0.05, 0) is 55.2 Å². The number of amides is 1. The Hall–Kier alpha value is -3.11. The molecule has 3 rings (SSSR count). The van der Waals surface area contributed by atoms with Gasteiger partial charge in [-0.15, -0.1) is 0 Å². The van der Waals surface area contributed by atoms with E-state index in [4.69, 9.17) is 11.0 Å². The largest absolute Gasteiger partial charge is 0.331 e. The summed E-state index contributed by atoms with van der Waals surface area (Å²) in [5.41, 5.74) is 8.83. The van der Waals surface area contributed by atoms with Crippen molar-refractivity contribution >= 4 is 17.2 Å². The van der Waals surface area contributed by atoms with Crippen molar-refractivity contribution in [3.8, 4) is 6.07 Å². The number of nitrogens with zero attached hydrogens (tertiary/aromatic N) is 2. The van der Waals surface area contributed by atoms with Crippen LogP contribution in [0.5, 0.6) is 0 Å². The summed E-state index contributed by atoms with van der Waals surface area (Å²) < 4.78 is 27.5. The van der Waals surface area contributed by atoms with Gasteiger partial charge in [0.15, 0.2) is 0 Å². The average Bonchev–Trinajstić information content (AvgIpc) is 2.66. The van der Waals surface area contributed by atoms with Crippen molar-refractivity contribution < 1.29 is 13.6 Å². The zero-order chi connectivity index (χ0) is 20.3. The summed E-state index contributed by atoms with van der Waals surface area (Å²) >= 11 is 0. The second-order valence-electron chi connectivity index (χ2n) is 6.80. The first-order chi connectivity index (χ1) is 13.4. The van der Waals surface area contributed by atoms with E-state index in [-0.39, 0.29) is 17.9 Å². The second kappa shape index (κ2) is 8.28. The number of hydrogen-bond acceptors (Lipinski definition) is 4. The van der Waals surface area contributed by atoms with Crippen LogP contribution >= 0.6 is 0 Å². The molecule has 1 amide bonds. The number of nitrogens with two attached hydrogens (primary N) is 1. The molecule has 1 aromatic carbocycles. The van der Waals surface area contributed by atoms with Gasteiger partial charge in [-0.3, -0.25) is 9.79 Å². The van der Waals surface area contributed by atoms with E-state index in [1.165, 1.54) is 6.07 Å². The molecular formula is C21H20F2N4O. The minimum atomic E-state index is -0.723. The van der Waals surface area contributed by atoms with Gasteiger partial charge in [-0.25, -0.2) is 8.78 Å². The van der Waals surface area contributed by atoms with E-state index in [1.54, 1.807) is 19.1 Å². The fourth-order valence-electron chi connectivity index (χ4n) is 3.24. The number of hydrogen-bond donors (Lipinski definition) is 2. The number of nitrogens with one attached hydrogen (secondary N) is 1. The lowest BCUT2D eigenvalue weighted by molar-refractivity contribution is -0.120. The molecule has 7 heteroatoms. The molecule has 5 nitrogen and oxygen atoms in total. The normalized spacial score (nSPS) is 21.1. The molecule has 3 N–H and O–H groups in total. The van der Waals surface area contributed by atoms with Crippen LogP contribution in [0.4, 0.5) is 8.78 Å². The molecule has 144 valence electrons. The molecule has 1 aliphatic heterocycles. The molecule has 0 bridgehead atoms. The van der Waals surface area contributed by atoms with E-state index in [9.17, 15) is 13.6 Å². The number of aliphatic imine (C=N–C) groups is 1. The monoisotopic (exact) mass is 382 g/mol. The highest BCUT2D eigenvalue weighted by molar-refractivity contribution is 6.12. The van der Waals surface area contributed by atoms with E-state index in [2.05, 4.69) is 16.4 Å². The van der Waals surface area contributed by atoms with Crippen molar-refractivity contribution in [2.24, 2.45) is 10.7 Å². The summed E-state index contributed by atoms with van der Waals surface area (Å²) in [7, 11) is 0. The molecule has 2 unspecified atom stereocenters. The molecule has 1 aliphatic carbocycles. The zero-order valence-electron chi connectivity index (χ0n) is 15.4. The Morgan fingerprint density at radius 1 is 1.39 bits per heavy atom. The van der Waals surface area contributed by atoms with Gasteiger partial charge in [0.2, 0.25) is 5.91 Å². The van der Waals surface area contributed by atoms with Gasteiger partial charge >= 0.3 is 0 Å². The van der Waals surface area contributed by atoms with Crippen LogP contribution in [0.25, 0.3) is 5.57 Å². The van der Waals surface area contributed by atoms with Crippen molar-refractivity contribution in [1.82, 2.24) is 5.32 Å². The van der Waals surface area contributed by atoms with Crippen LogP contribution in [0.15, 0.2) is 52.6 Å². The Morgan fingerprint density at radius 3 is 2.79 bits per heavy atom. The minimum absolute atomic E-state index is 0.143. The minimum Gasteiger partial charge on any atom is -0.331 e. The fourth-order valence-corrected chi connectivity index (χ4v) is 3.24. The topological polar surface area (TPSA) is 91.3 Å². The summed E-state index contributed by atoms with van der Waals surface area (Å²) in [5.74, 6) is -1.60. The van der Waals surface area contributed by atoms with Crippen LogP contribution < -0.4 is 11.1 Å². The Kier molecular flexibility index (Phi) is 5.81. The summed E-state index contributed by atoms with van der Waals surface area (Å²) in [6.07, 6.45) is 5.82. The van der Waals surface area contributed by atoms with Crippen LogP contribution in [0.1, 0.15) is 31.7 Å². The SMILES string of the molecule is CC(N)C(=CC1N=C(C2=CC=C(C#N)CC2)CC(=O)N1)c1ccc(F)cc1F. The number of allylic oxidation sites excluding steroid dienone is 4. The summed E-state index contributed by atoms with van der Waals surface area (Å²) in [6, 6.07) is 4.86. The van der Waals surface area contributed by atoms with Crippen LogP contribution in [-0.4, -0.2) is 23.8 Å². The van der Waals surface area contributed by atoms with Gasteiger partial charge in [0.25, 0.3) is 0 Å². The van der Waals surface area contributed by atoms with Crippen LogP contribution in [-0.2, 0) is 4.79 Å². The standard InChI is InChI=1S/C21H20F2N4O/c1-12(25)17(16-7-6-15(22)8-18(16)23)9-20-26-19(10-21(28)27-20)14-4-2-13(11-24)3-5-14/h2,4,6-9,12,20H,3,5,10,25H2,1H3,(H,27,28). The third-order valence-electron chi connectivity index (χ3n) is 4.67. The Labute approximate surface area is 161 Å². The third-order valence-corrected chi connectivity index (χ3v) is 4.67. The summed E-state index contributed by atoms with van der Waals surface area (Å²) in [4.78, 5) is 16.8. The number of benzene rings is 1. The maximum Gasteiger partial charge on any atom is 0.227 e. The van der Waals surface area contributed by atoms with Crippen molar-refractivity contribution in [3.05, 3.63) is 64.8 Å². The Balaban J connectivity index is 1.96. The first kappa shape index (κ1) is 19.6. The van der Waals surface area contributed by atoms with Crippen molar-refractivity contribution in [3.63, 3.8) is 0 Å². The molecule has 1 heterocycles. The molecule has 2 atom stereocenters. The van der Waals surface area contributed by atoms with E-state index >= 15 is 0 Å². The lowest BCUT2D eigenvalue weighted by Gasteiger charge is -2.24. The van der Waals surface area contributed by atoms with E-state index in [1.807, 2.05) is 6.08 Å². The predicted octanol–water partition coefficient (Wildman–Crippen LogP) is 3.15. The van der Waals surface area contributed by atoms with Gasteiger partial charge in [0, 0.05) is 23.2 Å². The van der Waals surface area contributed by atoms with Crippen molar-refractivity contribution in [1.29, 1.82) is 5.26 Å². The quantitative estimate of drug-likeness (QED) is 0.838. The summed E-state index contributed by atoms with van der Waals surface area (Å²) in [5, 5.41) is 11.7. The highest BCUT2D eigenvalue weighted by atomic mass is 19.1. The number of rotatable bonds is 4. The van der Waals surface area contributed by atoms with E-state index in [0.717, 1.165) is 17.7 Å². The molecule has 1 aromatic rings. The first-order valence-electron chi connectivity index (χ1n) is 8.96. The highest BCUT2D eigenvalue weighted by Crippen LogP contribution is 2.25. The number of halogens is 2. The maximum atomic E-state index is 14.2. The molecule has 0 saturated heterocycles. The van der Waals surface area contributed by atoms with Crippen LogP contribution in [0, 0.1) is 23.0 Å². The Bertz CT molecular complexity index is 967. The average molecular weight is 382 g/mol. The fraction of sp³-hybridized carbons (Fsp3) is 0.286. The van der Waals surface area contributed by atoms with Crippen molar-refractivity contribution in [2.45, 2.75) is 38.4 Å². The zero-order valence-corrected chi connectivity index (χ0v) is 15.4. The smallest absolute Gasteiger partial charge is 0.227 e. The number of carbonyl (C=O) groups is 1. The van der Waals surface area contributed by atoms with E-state index < -0.39 is 23.8 Å². The molecule has 0 fully saturated rings. The molecular weight excluding hydrogens is 362 g/mol. The number of nitriles is 1. The molecule has 0 radical (unpaired) electrons.